The van der Waals surface area contributed by atoms with Gasteiger partial charge >= 0.3 is 0 Å². The Morgan fingerprint density at radius 1 is 1.44 bits per heavy atom. The summed E-state index contributed by atoms with van der Waals surface area (Å²) in [5.74, 6) is 0. The molecular weight excluding hydrogens is 310 g/mol. The van der Waals surface area contributed by atoms with Crippen LogP contribution in [0, 0.1) is 0 Å². The van der Waals surface area contributed by atoms with E-state index in [1.165, 1.54) is 4.88 Å². The van der Waals surface area contributed by atoms with Crippen LogP contribution in [0.2, 0.25) is 0 Å². The zero-order valence-electron chi connectivity index (χ0n) is 10.9. The molecule has 0 saturated heterocycles. The van der Waals surface area contributed by atoms with Gasteiger partial charge in [-0.25, -0.2) is 0 Å². The molecule has 0 aliphatic carbocycles. The number of aromatic nitrogens is 2. The molecule has 0 unspecified atom stereocenters. The molecule has 98 valence electrons. The maximum atomic E-state index is 4.56. The number of halogens is 1. The van der Waals surface area contributed by atoms with Crippen LogP contribution < -0.4 is 5.32 Å². The summed E-state index contributed by atoms with van der Waals surface area (Å²) >= 11 is 5.22. The lowest BCUT2D eigenvalue weighted by molar-refractivity contribution is 0.419. The Morgan fingerprint density at radius 3 is 2.83 bits per heavy atom. The third kappa shape index (κ3) is 4.23. The summed E-state index contributed by atoms with van der Waals surface area (Å²) in [5, 5.41) is 10.1. The lowest BCUT2D eigenvalue weighted by Gasteiger charge is -2.19. The van der Waals surface area contributed by atoms with Crippen molar-refractivity contribution < 1.29 is 0 Å². The van der Waals surface area contributed by atoms with Crippen LogP contribution in [0.1, 0.15) is 31.3 Å². The third-order valence-corrected chi connectivity index (χ3v) is 4.12. The Hall–Kier alpha value is -0.650. The predicted molar refractivity (Wildman–Crippen MR) is 79.9 cm³/mol. The number of hydrogen-bond acceptors (Lipinski definition) is 3. The fourth-order valence-electron chi connectivity index (χ4n) is 1.54. The molecule has 3 nitrogen and oxygen atoms in total. The fraction of sp³-hybridized carbons (Fsp3) is 0.462. The van der Waals surface area contributed by atoms with Gasteiger partial charge in [0.1, 0.15) is 0 Å². The number of nitrogens with one attached hydrogen (secondary N) is 1. The average molecular weight is 328 g/mol. The molecule has 1 N–H and O–H groups in total. The van der Waals surface area contributed by atoms with Crippen molar-refractivity contribution in [1.82, 2.24) is 15.1 Å². The Balaban J connectivity index is 1.94. The second kappa shape index (κ2) is 5.55. The van der Waals surface area contributed by atoms with Crippen LogP contribution in [-0.4, -0.2) is 15.3 Å². The van der Waals surface area contributed by atoms with E-state index in [0.717, 1.165) is 23.3 Å². The summed E-state index contributed by atoms with van der Waals surface area (Å²) in [7, 11) is 0. The monoisotopic (exact) mass is 327 g/mol. The van der Waals surface area contributed by atoms with Crippen molar-refractivity contribution in [2.45, 2.75) is 39.4 Å². The number of hydrogen-bond donors (Lipinski definition) is 1. The Kier molecular flexibility index (Phi) is 4.25. The van der Waals surface area contributed by atoms with Crippen LogP contribution in [0.4, 0.5) is 0 Å². The highest BCUT2D eigenvalue weighted by atomic mass is 79.9. The average Bonchev–Trinajstić information content (AvgIpc) is 2.85. The molecule has 2 rings (SSSR count). The lowest BCUT2D eigenvalue weighted by Crippen LogP contribution is -2.35. The first-order chi connectivity index (χ1) is 8.42. The molecule has 2 aromatic rings. The van der Waals surface area contributed by atoms with Crippen molar-refractivity contribution in [3.8, 4) is 0 Å². The van der Waals surface area contributed by atoms with Gasteiger partial charge in [-0.1, -0.05) is 0 Å². The molecule has 18 heavy (non-hydrogen) atoms. The highest BCUT2D eigenvalue weighted by Crippen LogP contribution is 2.20. The molecule has 0 aromatic carbocycles. The molecule has 0 atom stereocenters. The van der Waals surface area contributed by atoms with E-state index in [0.29, 0.717) is 0 Å². The first-order valence-corrected chi connectivity index (χ1v) is 7.60. The Labute approximate surface area is 120 Å². The molecule has 0 aliphatic rings. The molecule has 0 spiro atoms. The van der Waals surface area contributed by atoms with Crippen LogP contribution >= 0.6 is 27.3 Å². The maximum absolute atomic E-state index is 4.56. The highest BCUT2D eigenvalue weighted by molar-refractivity contribution is 9.10. The van der Waals surface area contributed by atoms with E-state index in [2.05, 4.69) is 64.6 Å². The summed E-state index contributed by atoms with van der Waals surface area (Å²) in [4.78, 5) is 1.31. The van der Waals surface area contributed by atoms with E-state index in [1.807, 2.05) is 10.9 Å². The number of thiophene rings is 1. The summed E-state index contributed by atoms with van der Waals surface area (Å²) < 4.78 is 3.13. The molecule has 5 heteroatoms. The maximum Gasteiger partial charge on any atom is 0.0762 e. The summed E-state index contributed by atoms with van der Waals surface area (Å²) in [6.45, 7) is 8.13. The van der Waals surface area contributed by atoms with Crippen LogP contribution in [0.3, 0.4) is 0 Å². The molecule has 0 fully saturated rings. The normalized spacial score (nSPS) is 12.0. The van der Waals surface area contributed by atoms with Gasteiger partial charge in [0, 0.05) is 33.0 Å². The number of nitrogens with zero attached hydrogens (tertiary/aromatic N) is 2. The molecule has 0 saturated carbocycles. The SMILES string of the molecule is CC(C)(C)NCc1ccn(Cc2cc(Br)cs2)n1. The molecule has 2 heterocycles. The zero-order chi connectivity index (χ0) is 13.2. The Bertz CT molecular complexity index is 510. The van der Waals surface area contributed by atoms with Gasteiger partial charge in [-0.05, 0) is 48.8 Å². The second-order valence-corrected chi connectivity index (χ2v) is 7.25. The second-order valence-electron chi connectivity index (χ2n) is 5.34. The smallest absolute Gasteiger partial charge is 0.0762 e. The van der Waals surface area contributed by atoms with Crippen molar-refractivity contribution in [3.05, 3.63) is 38.8 Å². The predicted octanol–water partition coefficient (Wildman–Crippen LogP) is 3.64. The summed E-state index contributed by atoms with van der Waals surface area (Å²) in [5.41, 5.74) is 1.21. The first kappa shape index (κ1) is 13.8. The summed E-state index contributed by atoms with van der Waals surface area (Å²) in [6, 6.07) is 4.21. The van der Waals surface area contributed by atoms with Crippen LogP contribution in [0.5, 0.6) is 0 Å². The van der Waals surface area contributed by atoms with Gasteiger partial charge in [0.25, 0.3) is 0 Å². The van der Waals surface area contributed by atoms with Gasteiger partial charge < -0.3 is 5.32 Å². The Morgan fingerprint density at radius 2 is 2.22 bits per heavy atom. The largest absolute Gasteiger partial charge is 0.306 e. The van der Waals surface area contributed by atoms with Gasteiger partial charge in [0.2, 0.25) is 0 Å². The van der Waals surface area contributed by atoms with Gasteiger partial charge in [-0.3, -0.25) is 4.68 Å². The van der Waals surface area contributed by atoms with E-state index >= 15 is 0 Å². The minimum Gasteiger partial charge on any atom is -0.306 e. The molecule has 0 aliphatic heterocycles. The standard InChI is InChI=1S/C13H18BrN3S/c1-13(2,3)15-7-11-4-5-17(16-11)8-12-6-10(14)9-18-12/h4-6,9,15H,7-8H2,1-3H3. The third-order valence-electron chi connectivity index (χ3n) is 2.44. The minimum atomic E-state index is 0.127. The van der Waals surface area contributed by atoms with Crippen LogP contribution in [0.15, 0.2) is 28.2 Å². The van der Waals surface area contributed by atoms with E-state index in [1.54, 1.807) is 11.3 Å². The molecule has 0 amide bonds. The van der Waals surface area contributed by atoms with Gasteiger partial charge in [0.05, 0.1) is 12.2 Å². The van der Waals surface area contributed by atoms with E-state index in [4.69, 9.17) is 0 Å². The van der Waals surface area contributed by atoms with Crippen molar-refractivity contribution in [3.63, 3.8) is 0 Å². The first-order valence-electron chi connectivity index (χ1n) is 5.93. The van der Waals surface area contributed by atoms with E-state index < -0.39 is 0 Å². The van der Waals surface area contributed by atoms with Crippen LogP contribution in [0.25, 0.3) is 0 Å². The van der Waals surface area contributed by atoms with Crippen molar-refractivity contribution in [2.75, 3.05) is 0 Å². The molecule has 0 radical (unpaired) electrons. The lowest BCUT2D eigenvalue weighted by atomic mass is 10.1. The van der Waals surface area contributed by atoms with Crippen molar-refractivity contribution in [2.24, 2.45) is 0 Å². The van der Waals surface area contributed by atoms with E-state index in [-0.39, 0.29) is 5.54 Å². The highest BCUT2D eigenvalue weighted by Gasteiger charge is 2.09. The number of rotatable bonds is 4. The van der Waals surface area contributed by atoms with Gasteiger partial charge in [-0.2, -0.15) is 5.10 Å². The zero-order valence-corrected chi connectivity index (χ0v) is 13.3. The van der Waals surface area contributed by atoms with Gasteiger partial charge in [-0.15, -0.1) is 11.3 Å². The van der Waals surface area contributed by atoms with Crippen LogP contribution in [-0.2, 0) is 13.1 Å². The van der Waals surface area contributed by atoms with Gasteiger partial charge in [0.15, 0.2) is 0 Å². The molecular formula is C13H18BrN3S. The molecule has 0 bridgehead atoms. The topological polar surface area (TPSA) is 29.9 Å². The quantitative estimate of drug-likeness (QED) is 0.929. The van der Waals surface area contributed by atoms with E-state index in [9.17, 15) is 0 Å². The summed E-state index contributed by atoms with van der Waals surface area (Å²) in [6.07, 6.45) is 2.04. The van der Waals surface area contributed by atoms with Crippen molar-refractivity contribution in [1.29, 1.82) is 0 Å². The fourth-order valence-corrected chi connectivity index (χ4v) is 2.98. The molecule has 2 aromatic heterocycles. The minimum absolute atomic E-state index is 0.127. The van der Waals surface area contributed by atoms with Crippen molar-refractivity contribution >= 4 is 27.3 Å².